The summed E-state index contributed by atoms with van der Waals surface area (Å²) in [6, 6.07) is 4.66. The molecule has 6 rings (SSSR count). The van der Waals surface area contributed by atoms with Crippen molar-refractivity contribution in [2.45, 2.75) is 45.0 Å². The number of nitrogens with zero attached hydrogens (tertiary/aromatic N) is 5. The number of amides is 3. The van der Waals surface area contributed by atoms with Crippen molar-refractivity contribution in [1.29, 1.82) is 0 Å². The molecule has 2 N–H and O–H groups in total. The first-order valence-electron chi connectivity index (χ1n) is 11.3. The third-order valence-corrected chi connectivity index (χ3v) is 6.59. The maximum Gasteiger partial charge on any atom is 0.256 e. The first kappa shape index (κ1) is 21.4. The van der Waals surface area contributed by atoms with Crippen molar-refractivity contribution >= 4 is 17.7 Å². The lowest BCUT2D eigenvalue weighted by atomic mass is 10.0. The van der Waals surface area contributed by atoms with Crippen LogP contribution in [0.25, 0.3) is 11.3 Å². The lowest BCUT2D eigenvalue weighted by molar-refractivity contribution is -0.136. The van der Waals surface area contributed by atoms with Crippen molar-refractivity contribution in [2.75, 3.05) is 6.61 Å². The molecule has 0 bridgehead atoms. The van der Waals surface area contributed by atoms with Crippen LogP contribution in [0.2, 0.25) is 0 Å². The lowest BCUT2D eigenvalue weighted by Gasteiger charge is -2.29. The Morgan fingerprint density at radius 3 is 2.80 bits per heavy atom. The number of hydrogen-bond donors (Lipinski definition) is 2. The number of nitrogens with one attached hydrogen (secondary N) is 2. The predicted molar refractivity (Wildman–Crippen MR) is 119 cm³/mol. The Morgan fingerprint density at radius 2 is 1.94 bits per heavy atom. The second kappa shape index (κ2) is 8.24. The molecule has 0 aliphatic carbocycles. The molecule has 1 atom stereocenters. The van der Waals surface area contributed by atoms with Crippen molar-refractivity contribution in [3.05, 3.63) is 63.0 Å². The van der Waals surface area contributed by atoms with E-state index in [0.717, 1.165) is 16.8 Å². The van der Waals surface area contributed by atoms with E-state index in [1.807, 2.05) is 6.07 Å². The van der Waals surface area contributed by atoms with Gasteiger partial charge in [0.25, 0.3) is 11.5 Å². The molecule has 0 saturated carbocycles. The van der Waals surface area contributed by atoms with Gasteiger partial charge in [-0.1, -0.05) is 17.3 Å². The molecule has 1 aromatic carbocycles. The Balaban J connectivity index is 1.26. The summed E-state index contributed by atoms with van der Waals surface area (Å²) >= 11 is 0. The fourth-order valence-electron chi connectivity index (χ4n) is 4.85. The van der Waals surface area contributed by atoms with Gasteiger partial charge in [0.2, 0.25) is 11.8 Å². The zero-order valence-corrected chi connectivity index (χ0v) is 18.6. The topological polar surface area (TPSA) is 152 Å². The molecule has 3 aliphatic heterocycles. The number of piperidine rings is 1. The van der Waals surface area contributed by atoms with Gasteiger partial charge >= 0.3 is 0 Å². The van der Waals surface area contributed by atoms with Gasteiger partial charge in [-0.3, -0.25) is 24.5 Å². The van der Waals surface area contributed by atoms with Crippen LogP contribution >= 0.6 is 0 Å². The number of carbonyl (C=O) groups is 3. The average molecular weight is 475 g/mol. The number of carbonyl (C=O) groups excluding carboxylic acids is 3. The first-order chi connectivity index (χ1) is 17.0. The van der Waals surface area contributed by atoms with Crippen molar-refractivity contribution in [1.82, 2.24) is 35.2 Å². The Kier molecular flexibility index (Phi) is 5.02. The van der Waals surface area contributed by atoms with Crippen molar-refractivity contribution in [3.8, 4) is 11.3 Å². The third-order valence-electron chi connectivity index (χ3n) is 6.59. The average Bonchev–Trinajstić information content (AvgIpc) is 3.44. The highest BCUT2D eigenvalue weighted by atomic mass is 16.5. The summed E-state index contributed by atoms with van der Waals surface area (Å²) in [4.78, 5) is 58.1. The Bertz CT molecular complexity index is 1440. The molecule has 0 radical (unpaired) electrons. The minimum Gasteiger partial charge on any atom is -0.376 e. The standard InChI is InChI=1S/C23H21N7O5/c31-20-5-4-18(22(33)26-20)30-8-14-12(2-1-3-13(14)23(30)34)17-9-29(28-27-17)10-19-24-16-6-7-35-11-15(16)21(32)25-19/h1-3,9,18H,4-8,10-11H2,(H,24,25,32)(H,26,31,33). The molecule has 12 nitrogen and oxygen atoms in total. The number of benzene rings is 1. The van der Waals surface area contributed by atoms with Crippen LogP contribution in [0.3, 0.4) is 0 Å². The number of aromatic nitrogens is 5. The smallest absolute Gasteiger partial charge is 0.256 e. The highest BCUT2D eigenvalue weighted by Gasteiger charge is 2.40. The summed E-state index contributed by atoms with van der Waals surface area (Å²) in [5.41, 5.74) is 3.65. The van der Waals surface area contributed by atoms with Crippen LogP contribution in [-0.2, 0) is 40.4 Å². The zero-order valence-electron chi connectivity index (χ0n) is 18.6. The van der Waals surface area contributed by atoms with Gasteiger partial charge in [0.05, 0.1) is 30.7 Å². The van der Waals surface area contributed by atoms with Crippen LogP contribution in [-0.4, -0.2) is 60.2 Å². The summed E-state index contributed by atoms with van der Waals surface area (Å²) in [7, 11) is 0. The number of hydrogen-bond acceptors (Lipinski definition) is 8. The molecule has 3 aromatic rings. The van der Waals surface area contributed by atoms with Crippen LogP contribution in [0.5, 0.6) is 0 Å². The summed E-state index contributed by atoms with van der Waals surface area (Å²) in [6.07, 6.45) is 2.82. The number of fused-ring (bicyclic) bond motifs is 2. The number of rotatable bonds is 4. The van der Waals surface area contributed by atoms with Gasteiger partial charge < -0.3 is 14.6 Å². The van der Waals surface area contributed by atoms with Crippen molar-refractivity contribution in [2.24, 2.45) is 0 Å². The van der Waals surface area contributed by atoms with Crippen molar-refractivity contribution < 1.29 is 19.1 Å². The molecule has 1 fully saturated rings. The summed E-state index contributed by atoms with van der Waals surface area (Å²) < 4.78 is 6.91. The Hall–Kier alpha value is -4.19. The van der Waals surface area contributed by atoms with Crippen LogP contribution in [0.15, 0.2) is 29.2 Å². The predicted octanol–water partition coefficient (Wildman–Crippen LogP) is -0.0896. The SMILES string of the molecule is O=C1CCC(N2Cc3c(cccc3-c3cn(Cc4nc5c(c(=O)[nH]4)COCC5)nn3)C2=O)C(=O)N1. The van der Waals surface area contributed by atoms with Gasteiger partial charge in [0.15, 0.2) is 0 Å². The Morgan fingerprint density at radius 1 is 1.09 bits per heavy atom. The second-order valence-electron chi connectivity index (χ2n) is 8.77. The second-order valence-corrected chi connectivity index (χ2v) is 8.77. The lowest BCUT2D eigenvalue weighted by Crippen LogP contribution is -2.52. The highest BCUT2D eigenvalue weighted by molar-refractivity contribution is 6.06. The van der Waals surface area contributed by atoms with Crippen LogP contribution in [0.4, 0.5) is 0 Å². The highest BCUT2D eigenvalue weighted by Crippen LogP contribution is 2.34. The van der Waals surface area contributed by atoms with E-state index in [1.54, 1.807) is 23.0 Å². The fourth-order valence-corrected chi connectivity index (χ4v) is 4.85. The van der Waals surface area contributed by atoms with E-state index in [1.165, 1.54) is 4.90 Å². The monoisotopic (exact) mass is 475 g/mol. The van der Waals surface area contributed by atoms with Gasteiger partial charge in [0.1, 0.15) is 24.1 Å². The maximum absolute atomic E-state index is 13.1. The van der Waals surface area contributed by atoms with Gasteiger partial charge in [0, 0.05) is 30.5 Å². The number of imide groups is 1. The molecule has 1 unspecified atom stereocenters. The molecule has 2 aromatic heterocycles. The van der Waals surface area contributed by atoms with E-state index in [9.17, 15) is 19.2 Å². The minimum absolute atomic E-state index is 0.198. The van der Waals surface area contributed by atoms with E-state index < -0.39 is 11.9 Å². The van der Waals surface area contributed by atoms with Crippen LogP contribution in [0.1, 0.15) is 45.8 Å². The summed E-state index contributed by atoms with van der Waals surface area (Å²) in [5.74, 6) is -0.544. The van der Waals surface area contributed by atoms with Crippen molar-refractivity contribution in [3.63, 3.8) is 0 Å². The normalized spacial score (nSPS) is 19.5. The fraction of sp³-hybridized carbons (Fsp3) is 0.348. The van der Waals surface area contributed by atoms with E-state index >= 15 is 0 Å². The van der Waals surface area contributed by atoms with E-state index in [4.69, 9.17) is 4.74 Å². The number of aromatic amines is 1. The van der Waals surface area contributed by atoms with E-state index in [-0.39, 0.29) is 43.5 Å². The summed E-state index contributed by atoms with van der Waals surface area (Å²) in [5, 5.41) is 10.8. The van der Waals surface area contributed by atoms with Gasteiger partial charge in [-0.15, -0.1) is 5.10 Å². The molecule has 1 saturated heterocycles. The quantitative estimate of drug-likeness (QED) is 0.497. The van der Waals surface area contributed by atoms with Gasteiger partial charge in [-0.05, 0) is 18.1 Å². The maximum atomic E-state index is 13.1. The summed E-state index contributed by atoms with van der Waals surface area (Å²) in [6.45, 7) is 1.27. The molecule has 0 spiro atoms. The molecule has 3 aliphatic rings. The first-order valence-corrected chi connectivity index (χ1v) is 11.3. The number of H-pyrrole nitrogens is 1. The molecular formula is C23H21N7O5. The molecule has 3 amide bonds. The molecule has 35 heavy (non-hydrogen) atoms. The Labute approximate surface area is 198 Å². The molecule has 12 heteroatoms. The van der Waals surface area contributed by atoms with E-state index in [0.29, 0.717) is 42.1 Å². The van der Waals surface area contributed by atoms with E-state index in [2.05, 4.69) is 25.6 Å². The van der Waals surface area contributed by atoms with Crippen LogP contribution in [0, 0.1) is 0 Å². The molecule has 5 heterocycles. The van der Waals surface area contributed by atoms with Crippen LogP contribution < -0.4 is 10.9 Å². The molecular weight excluding hydrogens is 454 g/mol. The third kappa shape index (κ3) is 3.71. The molecule has 178 valence electrons. The van der Waals surface area contributed by atoms with Gasteiger partial charge in [-0.25, -0.2) is 9.67 Å². The number of ether oxygens (including phenoxy) is 1. The zero-order chi connectivity index (χ0) is 24.1. The minimum atomic E-state index is -0.687. The largest absolute Gasteiger partial charge is 0.376 e. The van der Waals surface area contributed by atoms with Gasteiger partial charge in [-0.2, -0.15) is 0 Å².